The Labute approximate surface area is 240 Å². The summed E-state index contributed by atoms with van der Waals surface area (Å²) in [6, 6.07) is 3.47. The summed E-state index contributed by atoms with van der Waals surface area (Å²) in [4.78, 5) is 15.4. The Morgan fingerprint density at radius 3 is 1.54 bits per heavy atom. The van der Waals surface area contributed by atoms with Gasteiger partial charge < -0.3 is 20.2 Å². The SMILES string of the molecule is CC(C)(C)[Si](C)(C)Cl.CC(C)(C)[Si](C)(C)OCCNc1ccnc(Cl)n1.OCCNc1ccnc(Cl)n1. The molecule has 0 aliphatic rings. The predicted molar refractivity (Wildman–Crippen MR) is 164 cm³/mol. The third-order valence-electron chi connectivity index (χ3n) is 6.13. The molecule has 0 spiro atoms. The van der Waals surface area contributed by atoms with Crippen LogP contribution in [0.5, 0.6) is 0 Å². The van der Waals surface area contributed by atoms with E-state index in [4.69, 9.17) is 43.8 Å². The zero-order valence-electron chi connectivity index (χ0n) is 23.9. The zero-order valence-corrected chi connectivity index (χ0v) is 28.2. The van der Waals surface area contributed by atoms with Gasteiger partial charge in [0.1, 0.15) is 11.6 Å². The van der Waals surface area contributed by atoms with Gasteiger partial charge in [0.15, 0.2) is 15.7 Å². The fourth-order valence-corrected chi connectivity index (χ4v) is 3.09. The Morgan fingerprint density at radius 1 is 0.811 bits per heavy atom. The van der Waals surface area contributed by atoms with Crippen LogP contribution in [0.3, 0.4) is 0 Å². The van der Waals surface area contributed by atoms with Crippen molar-refractivity contribution in [2.45, 2.75) is 77.8 Å². The molecule has 0 radical (unpaired) electrons. The highest BCUT2D eigenvalue weighted by atomic mass is 35.6. The van der Waals surface area contributed by atoms with Crippen molar-refractivity contribution in [1.29, 1.82) is 0 Å². The molecule has 0 atom stereocenters. The van der Waals surface area contributed by atoms with E-state index in [-0.39, 0.29) is 22.2 Å². The van der Waals surface area contributed by atoms with Crippen molar-refractivity contribution in [3.63, 3.8) is 0 Å². The summed E-state index contributed by atoms with van der Waals surface area (Å²) in [6.45, 7) is 24.1. The average Bonchev–Trinajstić information content (AvgIpc) is 2.74. The van der Waals surface area contributed by atoms with Crippen molar-refractivity contribution in [2.75, 3.05) is 36.9 Å². The molecule has 0 aromatic carbocycles. The van der Waals surface area contributed by atoms with Crippen molar-refractivity contribution >= 4 is 61.6 Å². The molecule has 212 valence electrons. The van der Waals surface area contributed by atoms with E-state index >= 15 is 0 Å². The molecule has 8 nitrogen and oxygen atoms in total. The number of nitrogens with zero attached hydrogens (tertiary/aromatic N) is 4. The summed E-state index contributed by atoms with van der Waals surface area (Å²) in [5.74, 6) is 1.35. The van der Waals surface area contributed by atoms with Gasteiger partial charge in [-0.2, -0.15) is 11.1 Å². The molecular weight excluding hydrogens is 567 g/mol. The summed E-state index contributed by atoms with van der Waals surface area (Å²) < 4.78 is 6.05. The molecule has 0 aliphatic carbocycles. The van der Waals surface area contributed by atoms with E-state index in [0.29, 0.717) is 24.0 Å². The first-order valence-corrected chi connectivity index (χ1v) is 19.9. The van der Waals surface area contributed by atoms with Gasteiger partial charge >= 0.3 is 0 Å². The number of hydrogen-bond acceptors (Lipinski definition) is 8. The highest BCUT2D eigenvalue weighted by Gasteiger charge is 2.36. The quantitative estimate of drug-likeness (QED) is 0.123. The van der Waals surface area contributed by atoms with Crippen LogP contribution < -0.4 is 10.6 Å². The van der Waals surface area contributed by atoms with E-state index in [9.17, 15) is 0 Å². The standard InChI is InChI=1S/C12H22ClN3OSi.C6H8ClN3O.C6H15ClSi/c1-12(2,3)18(4,5)17-9-8-14-10-6-7-15-11(13)16-10;7-6-9-2-1-5(10-6)8-3-4-11;1-6(2,3)8(4,5)7/h6-7H,8-9H2,1-5H3,(H,14,15,16);1-2,11H,3-4H2,(H,8,9,10);1-5H3. The number of aliphatic hydroxyl groups is 1. The molecule has 0 aliphatic heterocycles. The summed E-state index contributed by atoms with van der Waals surface area (Å²) in [5.41, 5.74) is 0. The van der Waals surface area contributed by atoms with Gasteiger partial charge in [-0.1, -0.05) is 54.6 Å². The number of aromatic nitrogens is 4. The highest BCUT2D eigenvalue weighted by Crippen LogP contribution is 2.38. The molecule has 2 rings (SSSR count). The van der Waals surface area contributed by atoms with Gasteiger partial charge in [-0.15, -0.1) is 0 Å². The van der Waals surface area contributed by atoms with Gasteiger partial charge in [0.05, 0.1) is 13.2 Å². The Balaban J connectivity index is 0.000000580. The van der Waals surface area contributed by atoms with Crippen LogP contribution in [-0.4, -0.2) is 67.0 Å². The smallest absolute Gasteiger partial charge is 0.224 e. The second-order valence-electron chi connectivity index (χ2n) is 11.3. The summed E-state index contributed by atoms with van der Waals surface area (Å²) in [7, 11) is -3.04. The van der Waals surface area contributed by atoms with Crippen LogP contribution in [0, 0.1) is 0 Å². The van der Waals surface area contributed by atoms with Crippen molar-refractivity contribution in [2.24, 2.45) is 0 Å². The first-order valence-electron chi connectivity index (χ1n) is 12.2. The minimum Gasteiger partial charge on any atom is -0.415 e. The van der Waals surface area contributed by atoms with E-state index in [1.54, 1.807) is 24.5 Å². The first kappa shape index (κ1) is 36.0. The largest absolute Gasteiger partial charge is 0.415 e. The molecule has 0 bridgehead atoms. The van der Waals surface area contributed by atoms with Crippen molar-refractivity contribution in [1.82, 2.24) is 19.9 Å². The lowest BCUT2D eigenvalue weighted by atomic mass is 10.2. The van der Waals surface area contributed by atoms with Gasteiger partial charge in [0.25, 0.3) is 0 Å². The molecule has 2 aromatic heterocycles. The molecule has 0 saturated carbocycles. The molecule has 2 heterocycles. The second kappa shape index (κ2) is 16.2. The second-order valence-corrected chi connectivity index (χ2v) is 24.1. The van der Waals surface area contributed by atoms with Crippen LogP contribution >= 0.6 is 34.3 Å². The average molecular weight is 612 g/mol. The number of anilines is 2. The van der Waals surface area contributed by atoms with Crippen LogP contribution in [0.25, 0.3) is 0 Å². The van der Waals surface area contributed by atoms with E-state index < -0.39 is 15.7 Å². The zero-order chi connectivity index (χ0) is 28.9. The number of hydrogen-bond donors (Lipinski definition) is 3. The van der Waals surface area contributed by atoms with Crippen molar-refractivity contribution in [3.8, 4) is 0 Å². The van der Waals surface area contributed by atoms with Gasteiger partial charge in [0, 0.05) is 25.5 Å². The van der Waals surface area contributed by atoms with Crippen LogP contribution in [0.2, 0.25) is 46.8 Å². The van der Waals surface area contributed by atoms with E-state index in [1.807, 2.05) is 0 Å². The predicted octanol–water partition coefficient (Wildman–Crippen LogP) is 7.33. The normalized spacial score (nSPS) is 12.1. The lowest BCUT2D eigenvalue weighted by Gasteiger charge is -2.36. The fourth-order valence-electron chi connectivity index (χ4n) is 1.75. The summed E-state index contributed by atoms with van der Waals surface area (Å²) in [6.07, 6.45) is 3.18. The van der Waals surface area contributed by atoms with Crippen LogP contribution in [0.1, 0.15) is 41.5 Å². The van der Waals surface area contributed by atoms with Gasteiger partial charge in [-0.05, 0) is 58.5 Å². The Bertz CT molecular complexity index is 908. The molecule has 37 heavy (non-hydrogen) atoms. The minimum absolute atomic E-state index is 0.0711. The molecule has 0 saturated heterocycles. The maximum atomic E-state index is 8.46. The molecule has 2 aromatic rings. The topological polar surface area (TPSA) is 105 Å². The molecule has 0 amide bonds. The van der Waals surface area contributed by atoms with E-state index in [0.717, 1.165) is 12.4 Å². The lowest BCUT2D eigenvalue weighted by Crippen LogP contribution is -2.41. The van der Waals surface area contributed by atoms with Crippen LogP contribution in [0.15, 0.2) is 24.5 Å². The third kappa shape index (κ3) is 15.9. The minimum atomic E-state index is -1.65. The summed E-state index contributed by atoms with van der Waals surface area (Å²) in [5, 5.41) is 15.5. The number of nitrogens with one attached hydrogen (secondary N) is 2. The number of aliphatic hydroxyl groups excluding tert-OH is 1. The Hall–Kier alpha value is -1.02. The fraction of sp³-hybridized carbons (Fsp3) is 0.667. The molecular formula is C24H45Cl3N6O2Si2. The molecule has 3 N–H and O–H groups in total. The molecule has 13 heteroatoms. The van der Waals surface area contributed by atoms with Gasteiger partial charge in [-0.3, -0.25) is 0 Å². The first-order chi connectivity index (χ1) is 16.8. The van der Waals surface area contributed by atoms with Crippen molar-refractivity contribution < 1.29 is 9.53 Å². The van der Waals surface area contributed by atoms with E-state index in [2.05, 4.69) is 98.3 Å². The molecule has 0 fully saturated rings. The maximum Gasteiger partial charge on any atom is 0.224 e. The third-order valence-corrected chi connectivity index (χ3v) is 16.3. The molecule has 0 unspecified atom stereocenters. The lowest BCUT2D eigenvalue weighted by molar-refractivity contribution is 0.301. The Morgan fingerprint density at radius 2 is 1.22 bits per heavy atom. The number of halogens is 3. The van der Waals surface area contributed by atoms with Crippen LogP contribution in [0.4, 0.5) is 11.6 Å². The monoisotopic (exact) mass is 610 g/mol. The Kier molecular flexibility index (Phi) is 15.7. The number of rotatable bonds is 8. The maximum absolute atomic E-state index is 8.46. The van der Waals surface area contributed by atoms with E-state index in [1.165, 1.54) is 0 Å². The van der Waals surface area contributed by atoms with Crippen LogP contribution in [-0.2, 0) is 4.43 Å². The van der Waals surface area contributed by atoms with Gasteiger partial charge in [-0.25, -0.2) is 19.9 Å². The van der Waals surface area contributed by atoms with Crippen molar-refractivity contribution in [3.05, 3.63) is 35.1 Å². The summed E-state index contributed by atoms with van der Waals surface area (Å²) >= 11 is 17.4. The van der Waals surface area contributed by atoms with Gasteiger partial charge in [0.2, 0.25) is 10.6 Å². The highest BCUT2D eigenvalue weighted by molar-refractivity contribution is 7.20.